The third-order valence-corrected chi connectivity index (χ3v) is 5.16. The molecule has 0 aliphatic heterocycles. The molecule has 7 nitrogen and oxygen atoms in total. The van der Waals surface area contributed by atoms with E-state index in [1.807, 2.05) is 34.6 Å². The molecule has 0 aliphatic carbocycles. The standard InChI is InChI=1S/C19H39N5O2/c1-14(20)18(4,5)22-12-9-17(8-11-21-16(3)25)10-13-23-19(6,7)15(2)24-26/h17,20,22-23,26H,8-13H2,1-7H3,(H,21,25)/b20-14?,24-15-. The molecule has 0 saturated heterocycles. The van der Waals surface area contributed by atoms with E-state index in [9.17, 15) is 4.79 Å². The second kappa shape index (κ2) is 11.3. The van der Waals surface area contributed by atoms with Crippen molar-refractivity contribution in [2.75, 3.05) is 19.6 Å². The van der Waals surface area contributed by atoms with Crippen LogP contribution < -0.4 is 16.0 Å². The number of rotatable bonds is 13. The smallest absolute Gasteiger partial charge is 0.216 e. The molecule has 1 atom stereocenters. The van der Waals surface area contributed by atoms with Crippen LogP contribution in [0, 0.1) is 11.3 Å². The molecule has 5 N–H and O–H groups in total. The van der Waals surface area contributed by atoms with E-state index in [1.54, 1.807) is 6.92 Å². The zero-order valence-corrected chi connectivity index (χ0v) is 17.6. The summed E-state index contributed by atoms with van der Waals surface area (Å²) in [6.07, 6.45) is 2.86. The first kappa shape index (κ1) is 24.5. The Morgan fingerprint density at radius 2 is 1.42 bits per heavy atom. The molecule has 0 aromatic carbocycles. The monoisotopic (exact) mass is 369 g/mol. The summed E-state index contributed by atoms with van der Waals surface area (Å²) in [5.41, 5.74) is 0.623. The van der Waals surface area contributed by atoms with Crippen molar-refractivity contribution >= 4 is 17.3 Å². The van der Waals surface area contributed by atoms with Crippen LogP contribution in [0.25, 0.3) is 0 Å². The lowest BCUT2D eigenvalue weighted by molar-refractivity contribution is -0.119. The Balaban J connectivity index is 4.55. The maximum Gasteiger partial charge on any atom is 0.216 e. The van der Waals surface area contributed by atoms with E-state index in [-0.39, 0.29) is 17.0 Å². The van der Waals surface area contributed by atoms with E-state index in [0.717, 1.165) is 32.4 Å². The van der Waals surface area contributed by atoms with Crippen molar-refractivity contribution in [3.05, 3.63) is 0 Å². The summed E-state index contributed by atoms with van der Waals surface area (Å²) >= 11 is 0. The van der Waals surface area contributed by atoms with Gasteiger partial charge in [0.15, 0.2) is 0 Å². The molecule has 0 spiro atoms. The number of nitrogens with one attached hydrogen (secondary N) is 4. The Morgan fingerprint density at radius 3 is 1.85 bits per heavy atom. The van der Waals surface area contributed by atoms with Gasteiger partial charge in [0.25, 0.3) is 0 Å². The SMILES string of the molecule is CC(=N)C(C)(C)NCCC(CCNC(C)=O)CCNC(C)(C)/C(C)=N\O. The van der Waals surface area contributed by atoms with Crippen molar-refractivity contribution in [1.82, 2.24) is 16.0 Å². The Hall–Kier alpha value is -1.47. The van der Waals surface area contributed by atoms with Crippen LogP contribution in [-0.4, -0.2) is 53.2 Å². The molecule has 0 aromatic rings. The van der Waals surface area contributed by atoms with Gasteiger partial charge in [0.05, 0.1) is 16.8 Å². The molecule has 0 saturated carbocycles. The van der Waals surface area contributed by atoms with Crippen LogP contribution in [0.1, 0.15) is 67.7 Å². The van der Waals surface area contributed by atoms with E-state index in [0.29, 0.717) is 23.9 Å². The Kier molecular flexibility index (Phi) is 10.6. The highest BCUT2D eigenvalue weighted by molar-refractivity contribution is 5.90. The van der Waals surface area contributed by atoms with E-state index in [1.165, 1.54) is 6.92 Å². The van der Waals surface area contributed by atoms with Crippen molar-refractivity contribution in [2.45, 2.75) is 78.8 Å². The molecule has 0 fully saturated rings. The molecule has 152 valence electrons. The predicted octanol–water partition coefficient (Wildman–Crippen LogP) is 2.54. The molecule has 0 bridgehead atoms. The number of nitrogens with zero attached hydrogens (tertiary/aromatic N) is 1. The van der Waals surface area contributed by atoms with Gasteiger partial charge in [-0.15, -0.1) is 0 Å². The zero-order chi connectivity index (χ0) is 20.4. The summed E-state index contributed by atoms with van der Waals surface area (Å²) < 4.78 is 0. The van der Waals surface area contributed by atoms with Crippen LogP contribution in [-0.2, 0) is 4.79 Å². The minimum Gasteiger partial charge on any atom is -0.411 e. The van der Waals surface area contributed by atoms with E-state index < -0.39 is 0 Å². The second-order valence-corrected chi connectivity index (χ2v) is 8.13. The molecule has 0 aliphatic rings. The maximum atomic E-state index is 11.1. The van der Waals surface area contributed by atoms with E-state index >= 15 is 0 Å². The minimum atomic E-state index is -0.353. The van der Waals surface area contributed by atoms with Crippen LogP contribution in [0.2, 0.25) is 0 Å². The molecule has 7 heteroatoms. The Labute approximate surface area is 158 Å². The van der Waals surface area contributed by atoms with Gasteiger partial charge in [0.1, 0.15) is 0 Å². The summed E-state index contributed by atoms with van der Waals surface area (Å²) in [7, 11) is 0. The number of amides is 1. The third-order valence-electron chi connectivity index (χ3n) is 5.16. The average Bonchev–Trinajstić information content (AvgIpc) is 2.52. The average molecular weight is 370 g/mol. The number of hydrogen-bond donors (Lipinski definition) is 5. The number of oxime groups is 1. The normalized spacial score (nSPS) is 14.2. The third kappa shape index (κ3) is 9.87. The zero-order valence-electron chi connectivity index (χ0n) is 17.6. The Bertz CT molecular complexity index is 486. The van der Waals surface area contributed by atoms with Crippen molar-refractivity contribution in [1.29, 1.82) is 5.41 Å². The van der Waals surface area contributed by atoms with Gasteiger partial charge in [0, 0.05) is 19.2 Å². The number of carbonyl (C=O) groups excluding carboxylic acids is 1. The topological polar surface area (TPSA) is 110 Å². The van der Waals surface area contributed by atoms with Crippen molar-refractivity contribution in [3.8, 4) is 0 Å². The van der Waals surface area contributed by atoms with Gasteiger partial charge >= 0.3 is 0 Å². The molecule has 1 amide bonds. The van der Waals surface area contributed by atoms with Gasteiger partial charge in [-0.05, 0) is 79.8 Å². The molecular formula is C19H39N5O2. The van der Waals surface area contributed by atoms with Gasteiger partial charge in [-0.3, -0.25) is 4.79 Å². The largest absolute Gasteiger partial charge is 0.411 e. The minimum absolute atomic E-state index is 0.00326. The van der Waals surface area contributed by atoms with Crippen molar-refractivity contribution in [3.63, 3.8) is 0 Å². The predicted molar refractivity (Wildman–Crippen MR) is 108 cm³/mol. The van der Waals surface area contributed by atoms with Crippen molar-refractivity contribution < 1.29 is 10.0 Å². The fourth-order valence-electron chi connectivity index (χ4n) is 2.45. The highest BCUT2D eigenvalue weighted by Crippen LogP contribution is 2.15. The lowest BCUT2D eigenvalue weighted by Crippen LogP contribution is -2.47. The summed E-state index contributed by atoms with van der Waals surface area (Å²) in [4.78, 5) is 11.1. The lowest BCUT2D eigenvalue weighted by atomic mass is 9.94. The van der Waals surface area contributed by atoms with Crippen LogP contribution in [0.4, 0.5) is 0 Å². The Morgan fingerprint density at radius 1 is 0.962 bits per heavy atom. The summed E-state index contributed by atoms with van der Waals surface area (Å²) in [5.74, 6) is 0.447. The van der Waals surface area contributed by atoms with Crippen LogP contribution in [0.15, 0.2) is 5.16 Å². The molecule has 0 rings (SSSR count). The second-order valence-electron chi connectivity index (χ2n) is 8.13. The number of hydrogen-bond acceptors (Lipinski definition) is 6. The first-order chi connectivity index (χ1) is 11.9. The molecular weight excluding hydrogens is 330 g/mol. The van der Waals surface area contributed by atoms with Crippen LogP contribution in [0.5, 0.6) is 0 Å². The van der Waals surface area contributed by atoms with Crippen LogP contribution >= 0.6 is 0 Å². The van der Waals surface area contributed by atoms with Gasteiger partial charge in [-0.2, -0.15) is 0 Å². The quantitative estimate of drug-likeness (QED) is 0.195. The van der Waals surface area contributed by atoms with Crippen LogP contribution in [0.3, 0.4) is 0 Å². The highest BCUT2D eigenvalue weighted by atomic mass is 16.4. The van der Waals surface area contributed by atoms with Gasteiger partial charge < -0.3 is 26.6 Å². The molecule has 1 unspecified atom stereocenters. The van der Waals surface area contributed by atoms with Gasteiger partial charge in [0.2, 0.25) is 5.91 Å². The molecule has 0 heterocycles. The summed E-state index contributed by atoms with van der Waals surface area (Å²) in [6, 6.07) is 0. The summed E-state index contributed by atoms with van der Waals surface area (Å²) in [6.45, 7) is 15.5. The molecule has 0 aromatic heterocycles. The van der Waals surface area contributed by atoms with E-state index in [4.69, 9.17) is 10.6 Å². The van der Waals surface area contributed by atoms with Crippen molar-refractivity contribution in [2.24, 2.45) is 11.1 Å². The fourth-order valence-corrected chi connectivity index (χ4v) is 2.45. The lowest BCUT2D eigenvalue weighted by Gasteiger charge is -2.28. The maximum absolute atomic E-state index is 11.1. The molecule has 0 radical (unpaired) electrons. The van der Waals surface area contributed by atoms with Gasteiger partial charge in [-0.1, -0.05) is 5.16 Å². The van der Waals surface area contributed by atoms with Gasteiger partial charge in [-0.25, -0.2) is 0 Å². The first-order valence-corrected chi connectivity index (χ1v) is 9.41. The fraction of sp³-hybridized carbons (Fsp3) is 0.842. The first-order valence-electron chi connectivity index (χ1n) is 9.41. The highest BCUT2D eigenvalue weighted by Gasteiger charge is 2.22. The summed E-state index contributed by atoms with van der Waals surface area (Å²) in [5, 5.41) is 29.8. The number of carbonyl (C=O) groups is 1. The van der Waals surface area contributed by atoms with E-state index in [2.05, 4.69) is 21.1 Å². The molecule has 26 heavy (non-hydrogen) atoms.